The number of anilines is 1. The molecule has 8 nitrogen and oxygen atoms in total. The fraction of sp³-hybridized carbons (Fsp3) is 0.261. The van der Waals surface area contributed by atoms with Gasteiger partial charge in [0.1, 0.15) is 11.5 Å². The summed E-state index contributed by atoms with van der Waals surface area (Å²) in [5.41, 5.74) is 8.18. The van der Waals surface area contributed by atoms with Crippen LogP contribution < -0.4 is 11.1 Å². The lowest BCUT2D eigenvalue weighted by Gasteiger charge is -2.17. The molecule has 164 valence electrons. The molecule has 0 unspecified atom stereocenters. The predicted molar refractivity (Wildman–Crippen MR) is 121 cm³/mol. The van der Waals surface area contributed by atoms with Crippen molar-refractivity contribution in [2.24, 2.45) is 0 Å². The van der Waals surface area contributed by atoms with Crippen LogP contribution in [0.5, 0.6) is 0 Å². The van der Waals surface area contributed by atoms with Gasteiger partial charge in [-0.1, -0.05) is 18.2 Å². The maximum absolute atomic E-state index is 13.0. The van der Waals surface area contributed by atoms with Gasteiger partial charge in [-0.05, 0) is 49.0 Å². The van der Waals surface area contributed by atoms with Crippen molar-refractivity contribution in [3.8, 4) is 22.5 Å². The van der Waals surface area contributed by atoms with Gasteiger partial charge in [0.25, 0.3) is 5.91 Å². The van der Waals surface area contributed by atoms with E-state index in [4.69, 9.17) is 12.6 Å². The van der Waals surface area contributed by atoms with Gasteiger partial charge < -0.3 is 11.1 Å². The van der Waals surface area contributed by atoms with E-state index in [0.29, 0.717) is 34.0 Å². The second-order valence-corrected chi connectivity index (χ2v) is 9.48. The molecule has 5 rings (SSSR count). The molecule has 3 N–H and O–H groups in total. The monoisotopic (exact) mass is 454 g/mol. The van der Waals surface area contributed by atoms with Crippen molar-refractivity contribution in [1.82, 2.24) is 19.6 Å². The van der Waals surface area contributed by atoms with E-state index in [2.05, 4.69) is 15.3 Å². The Hall–Kier alpha value is -3.30. The fourth-order valence-corrected chi connectivity index (χ4v) is 4.83. The molecular weight excluding hydrogens is 426 g/mol. The molecule has 3 aromatic rings. The first-order chi connectivity index (χ1) is 17.3. The van der Waals surface area contributed by atoms with Crippen molar-refractivity contribution in [2.45, 2.75) is 30.2 Å². The molecule has 9 heteroatoms. The van der Waals surface area contributed by atoms with E-state index in [0.717, 1.165) is 0 Å². The number of rotatable bonds is 5. The number of carbonyl (C=O) groups is 1. The van der Waals surface area contributed by atoms with E-state index in [1.165, 1.54) is 42.6 Å². The molecule has 1 amide bonds. The average Bonchev–Trinajstić information content (AvgIpc) is 3.65. The van der Waals surface area contributed by atoms with Crippen LogP contribution in [0.25, 0.3) is 22.5 Å². The summed E-state index contributed by atoms with van der Waals surface area (Å²) in [6.07, 6.45) is 0.665. The predicted octanol–water partition coefficient (Wildman–Crippen LogP) is 2.46. The first-order valence-corrected chi connectivity index (χ1v) is 11.4. The van der Waals surface area contributed by atoms with Crippen molar-refractivity contribution in [1.29, 1.82) is 0 Å². The summed E-state index contributed by atoms with van der Waals surface area (Å²) in [6, 6.07) is 9.81. The number of carbonyl (C=O) groups excluding carboxylic acids is 1. The third-order valence-corrected chi connectivity index (χ3v) is 7.14. The van der Waals surface area contributed by atoms with Crippen LogP contribution in [0.2, 0.25) is 0 Å². The van der Waals surface area contributed by atoms with Crippen LogP contribution in [0.15, 0.2) is 53.6 Å². The molecule has 2 aromatic carbocycles. The molecule has 1 fully saturated rings. The number of amides is 1. The molecule has 1 aromatic heterocycles. The van der Waals surface area contributed by atoms with Crippen molar-refractivity contribution >= 4 is 21.7 Å². The van der Waals surface area contributed by atoms with E-state index in [1.54, 1.807) is 6.07 Å². The number of hydrogen-bond donors (Lipinski definition) is 2. The van der Waals surface area contributed by atoms with Gasteiger partial charge in [0, 0.05) is 43.1 Å². The Morgan fingerprint density at radius 1 is 1.19 bits per heavy atom. The van der Waals surface area contributed by atoms with Crippen LogP contribution in [0.4, 0.5) is 5.82 Å². The molecule has 0 bridgehead atoms. The number of aromatic nitrogens is 2. The lowest BCUT2D eigenvalue weighted by atomic mass is 9.96. The fourth-order valence-electron chi connectivity index (χ4n) is 3.52. The Balaban J connectivity index is 1.50. The number of nitrogens with zero attached hydrogens (tertiary/aromatic N) is 3. The third kappa shape index (κ3) is 3.63. The highest BCUT2D eigenvalue weighted by atomic mass is 32.2. The van der Waals surface area contributed by atoms with Gasteiger partial charge in [-0.15, -0.1) is 0 Å². The number of fused-ring (bicyclic) bond motifs is 1. The van der Waals surface area contributed by atoms with Gasteiger partial charge in [-0.25, -0.2) is 18.4 Å². The first kappa shape index (κ1) is 15.5. The number of nitrogens with one attached hydrogen (secondary N) is 1. The number of nitrogen functional groups attached to an aromatic ring is 1. The van der Waals surface area contributed by atoms with Gasteiger partial charge in [-0.3, -0.25) is 4.79 Å². The van der Waals surface area contributed by atoms with Gasteiger partial charge in [0.2, 0.25) is 10.0 Å². The summed E-state index contributed by atoms with van der Waals surface area (Å²) in [5, 5.41) is 2.53. The number of benzene rings is 2. The van der Waals surface area contributed by atoms with E-state index in [9.17, 15) is 13.2 Å². The molecule has 0 saturated heterocycles. The summed E-state index contributed by atoms with van der Waals surface area (Å²) >= 11 is 0. The number of hydrogen-bond acceptors (Lipinski definition) is 6. The summed E-state index contributed by atoms with van der Waals surface area (Å²) in [7, 11) is -4.23. The quantitative estimate of drug-likeness (QED) is 0.611. The Labute approximate surface area is 193 Å². The molecule has 0 atom stereocenters. The standard InChI is InChI=1S/C23H23N5O3S/c1-28(17-5-6-17)32(30,31)18-7-2-14(3-8-18)20-13-26-22(24)21(27-20)16-4-9-19-15(12-16)10-11-25-23(19)29/h2-4,7-9,12-13,17H,5-6,10-11H2,1H3,(H2,24,26)(H,25,29)/i1D3,10D2. The number of sulfonamides is 1. The van der Waals surface area contributed by atoms with E-state index >= 15 is 0 Å². The Bertz CT molecular complexity index is 1510. The second-order valence-electron chi connectivity index (χ2n) is 7.67. The van der Waals surface area contributed by atoms with E-state index in [-0.39, 0.29) is 40.0 Å². The van der Waals surface area contributed by atoms with Crippen molar-refractivity contribution in [3.63, 3.8) is 0 Å². The molecule has 1 aliphatic heterocycles. The van der Waals surface area contributed by atoms with Crippen LogP contribution in [0.1, 0.15) is 35.6 Å². The SMILES string of the molecule is [2H]C1([2H])CNC(=O)c2ccc(-c3nc(-c4ccc(S(=O)(=O)N(C5CC5)C([2H])([2H])[2H])cc4)cnc3N)cc21. The Morgan fingerprint density at radius 3 is 2.66 bits per heavy atom. The van der Waals surface area contributed by atoms with Crippen LogP contribution in [-0.2, 0) is 16.4 Å². The maximum atomic E-state index is 13.0. The zero-order valence-corrected chi connectivity index (χ0v) is 17.7. The van der Waals surface area contributed by atoms with E-state index < -0.39 is 29.4 Å². The summed E-state index contributed by atoms with van der Waals surface area (Å²) < 4.78 is 66.2. The minimum atomic E-state index is -4.23. The van der Waals surface area contributed by atoms with Crippen LogP contribution >= 0.6 is 0 Å². The topological polar surface area (TPSA) is 118 Å². The van der Waals surface area contributed by atoms with Gasteiger partial charge in [0.15, 0.2) is 0 Å². The Kier molecular flexibility index (Phi) is 3.72. The first-order valence-electron chi connectivity index (χ1n) is 12.5. The van der Waals surface area contributed by atoms with Gasteiger partial charge in [-0.2, -0.15) is 4.31 Å². The molecule has 0 spiro atoms. The largest absolute Gasteiger partial charge is 0.382 e. The third-order valence-electron chi connectivity index (χ3n) is 5.45. The zero-order chi connectivity index (χ0) is 26.8. The highest BCUT2D eigenvalue weighted by molar-refractivity contribution is 7.89. The van der Waals surface area contributed by atoms with Gasteiger partial charge in [0.05, 0.1) is 16.8 Å². The zero-order valence-electron chi connectivity index (χ0n) is 21.9. The summed E-state index contributed by atoms with van der Waals surface area (Å²) in [4.78, 5) is 20.8. The molecule has 0 radical (unpaired) electrons. The molecule has 32 heavy (non-hydrogen) atoms. The minimum Gasteiger partial charge on any atom is -0.382 e. The normalized spacial score (nSPS) is 20.3. The lowest BCUT2D eigenvalue weighted by Crippen LogP contribution is -2.31. The maximum Gasteiger partial charge on any atom is 0.251 e. The lowest BCUT2D eigenvalue weighted by molar-refractivity contribution is 0.0946. The molecule has 2 aliphatic rings. The van der Waals surface area contributed by atoms with Crippen molar-refractivity contribution in [3.05, 3.63) is 59.8 Å². The average molecular weight is 455 g/mol. The Morgan fingerprint density at radius 2 is 1.94 bits per heavy atom. The van der Waals surface area contributed by atoms with E-state index in [1.807, 2.05) is 0 Å². The van der Waals surface area contributed by atoms with Crippen LogP contribution in [-0.4, -0.2) is 48.2 Å². The summed E-state index contributed by atoms with van der Waals surface area (Å²) in [5.74, 6) is -0.264. The van der Waals surface area contributed by atoms with Crippen LogP contribution in [0.3, 0.4) is 0 Å². The molecule has 2 heterocycles. The highest BCUT2D eigenvalue weighted by Gasteiger charge is 2.35. The number of nitrogens with two attached hydrogens (primary N) is 1. The molecular formula is C23H23N5O3S. The smallest absolute Gasteiger partial charge is 0.251 e. The van der Waals surface area contributed by atoms with Gasteiger partial charge >= 0.3 is 0 Å². The summed E-state index contributed by atoms with van der Waals surface area (Å²) in [6.45, 7) is -2.93. The van der Waals surface area contributed by atoms with Crippen molar-refractivity contribution in [2.75, 3.05) is 19.3 Å². The second kappa shape index (κ2) is 7.68. The minimum absolute atomic E-state index is 0.0986. The van der Waals surface area contributed by atoms with Crippen molar-refractivity contribution < 1.29 is 20.1 Å². The molecule has 1 saturated carbocycles. The van der Waals surface area contributed by atoms with Crippen LogP contribution in [0, 0.1) is 0 Å². The molecule has 1 aliphatic carbocycles. The highest BCUT2D eigenvalue weighted by Crippen LogP contribution is 2.32.